The summed E-state index contributed by atoms with van der Waals surface area (Å²) in [6.07, 6.45) is -2.67. The van der Waals surface area contributed by atoms with Gasteiger partial charge in [0.1, 0.15) is 18.3 Å². The quantitative estimate of drug-likeness (QED) is 0.327. The van der Waals surface area contributed by atoms with E-state index >= 15 is 0 Å². The number of carbonyl (C=O) groups excluding carboxylic acids is 3. The lowest BCUT2D eigenvalue weighted by molar-refractivity contribution is -0.134. The molecule has 3 aromatic carbocycles. The van der Waals surface area contributed by atoms with Crippen LogP contribution >= 0.6 is 0 Å². The summed E-state index contributed by atoms with van der Waals surface area (Å²) in [4.78, 5) is 41.6. The van der Waals surface area contributed by atoms with E-state index in [0.717, 1.165) is 20.8 Å². The van der Waals surface area contributed by atoms with Crippen molar-refractivity contribution < 1.29 is 33.4 Å². The third-order valence-corrected chi connectivity index (χ3v) is 12.8. The SMILES string of the molecule is CC(C)(C)OC(=O)N1C(=O)[C@H](O[Si](c2ccccc2)(c2ccccc2)C(C)(C)C)C[C@@H]1[C@H](CO)NC(=O)OCc1ccccc1. The lowest BCUT2D eigenvalue weighted by Crippen LogP contribution is -2.68. The second kappa shape index (κ2) is 14.0. The van der Waals surface area contributed by atoms with Crippen molar-refractivity contribution in [1.82, 2.24) is 10.2 Å². The number of likely N-dealkylation sites (tertiary alicyclic amines) is 1. The minimum absolute atomic E-state index is 0.0176. The van der Waals surface area contributed by atoms with E-state index in [2.05, 4.69) is 26.1 Å². The summed E-state index contributed by atoms with van der Waals surface area (Å²) < 4.78 is 18.1. The van der Waals surface area contributed by atoms with Crippen molar-refractivity contribution in [2.45, 2.75) is 83.4 Å². The van der Waals surface area contributed by atoms with Crippen LogP contribution in [0.2, 0.25) is 5.04 Å². The van der Waals surface area contributed by atoms with Crippen LogP contribution in [0.25, 0.3) is 0 Å². The minimum atomic E-state index is -3.20. The highest BCUT2D eigenvalue weighted by atomic mass is 28.4. The van der Waals surface area contributed by atoms with Gasteiger partial charge >= 0.3 is 12.2 Å². The number of hydrogen-bond donors (Lipinski definition) is 2. The Morgan fingerprint density at radius 3 is 1.87 bits per heavy atom. The highest BCUT2D eigenvalue weighted by Gasteiger charge is 2.56. The Labute approximate surface area is 266 Å². The number of aliphatic hydroxyl groups excluding tert-OH is 1. The predicted molar refractivity (Wildman–Crippen MR) is 175 cm³/mol. The molecule has 1 fully saturated rings. The van der Waals surface area contributed by atoms with Gasteiger partial charge in [-0.15, -0.1) is 0 Å². The number of aliphatic hydroxyl groups is 1. The van der Waals surface area contributed by atoms with E-state index in [-0.39, 0.29) is 13.0 Å². The first kappa shape index (κ1) is 33.9. The van der Waals surface area contributed by atoms with Crippen molar-refractivity contribution >= 4 is 36.8 Å². The van der Waals surface area contributed by atoms with Crippen LogP contribution in [0.4, 0.5) is 9.59 Å². The van der Waals surface area contributed by atoms with Crippen molar-refractivity contribution in [2.24, 2.45) is 0 Å². The molecule has 2 N–H and O–H groups in total. The Hall–Kier alpha value is -3.99. The summed E-state index contributed by atoms with van der Waals surface area (Å²) in [5, 5.41) is 14.6. The van der Waals surface area contributed by atoms with Crippen LogP contribution in [0.15, 0.2) is 91.0 Å². The second-order valence-electron chi connectivity index (χ2n) is 13.3. The topological polar surface area (TPSA) is 114 Å². The first-order valence-electron chi connectivity index (χ1n) is 15.2. The fourth-order valence-electron chi connectivity index (χ4n) is 5.81. The molecule has 1 aliphatic rings. The Bertz CT molecular complexity index is 1400. The number of amides is 3. The van der Waals surface area contributed by atoms with E-state index in [1.54, 1.807) is 20.8 Å². The highest BCUT2D eigenvalue weighted by molar-refractivity contribution is 6.99. The Kier molecular flexibility index (Phi) is 10.5. The molecule has 0 unspecified atom stereocenters. The van der Waals surface area contributed by atoms with Crippen LogP contribution < -0.4 is 15.7 Å². The summed E-state index contributed by atoms with van der Waals surface area (Å²) in [6, 6.07) is 27.0. The molecule has 9 nitrogen and oxygen atoms in total. The smallest absolute Gasteiger partial charge is 0.417 e. The molecule has 45 heavy (non-hydrogen) atoms. The number of benzene rings is 3. The summed E-state index contributed by atoms with van der Waals surface area (Å²) in [5.41, 5.74) is -0.103. The van der Waals surface area contributed by atoms with Crippen LogP contribution in [-0.4, -0.2) is 66.8 Å². The molecule has 0 aromatic heterocycles. The maximum atomic E-state index is 14.2. The maximum absolute atomic E-state index is 14.2. The van der Waals surface area contributed by atoms with Gasteiger partial charge in [0.15, 0.2) is 0 Å². The second-order valence-corrected chi connectivity index (χ2v) is 17.5. The molecule has 3 atom stereocenters. The van der Waals surface area contributed by atoms with Crippen LogP contribution in [-0.2, 0) is 25.3 Å². The van der Waals surface area contributed by atoms with Gasteiger partial charge in [0.2, 0.25) is 0 Å². The van der Waals surface area contributed by atoms with Gasteiger partial charge in [-0.3, -0.25) is 4.79 Å². The summed E-state index contributed by atoms with van der Waals surface area (Å²) in [6.45, 7) is 10.9. The van der Waals surface area contributed by atoms with Gasteiger partial charge in [-0.2, -0.15) is 0 Å². The molecule has 3 amide bonds. The number of rotatable bonds is 9. The zero-order chi connectivity index (χ0) is 32.8. The largest absolute Gasteiger partial charge is 0.445 e. The molecule has 3 aromatic rings. The normalized spacial score (nSPS) is 17.9. The summed E-state index contributed by atoms with van der Waals surface area (Å²) >= 11 is 0. The molecule has 0 aliphatic carbocycles. The molecule has 1 saturated heterocycles. The molecule has 4 rings (SSSR count). The fraction of sp³-hybridized carbons (Fsp3) is 0.400. The number of carbonyl (C=O) groups is 3. The van der Waals surface area contributed by atoms with Gasteiger partial charge in [0, 0.05) is 6.42 Å². The van der Waals surface area contributed by atoms with Gasteiger partial charge in [-0.05, 0) is 41.7 Å². The molecular formula is C35H44N2O7Si. The first-order valence-corrected chi connectivity index (χ1v) is 17.1. The van der Waals surface area contributed by atoms with E-state index in [0.29, 0.717) is 0 Å². The Morgan fingerprint density at radius 2 is 1.40 bits per heavy atom. The Morgan fingerprint density at radius 1 is 0.889 bits per heavy atom. The number of nitrogens with one attached hydrogen (secondary N) is 1. The average molecular weight is 633 g/mol. The van der Waals surface area contributed by atoms with Crippen molar-refractivity contribution in [1.29, 1.82) is 0 Å². The van der Waals surface area contributed by atoms with Gasteiger partial charge in [0.05, 0.1) is 18.7 Å². The monoisotopic (exact) mass is 632 g/mol. The number of ether oxygens (including phenoxy) is 2. The number of imide groups is 1. The van der Waals surface area contributed by atoms with Crippen LogP contribution in [0.3, 0.4) is 0 Å². The molecule has 240 valence electrons. The average Bonchev–Trinajstić information content (AvgIpc) is 3.32. The first-order chi connectivity index (χ1) is 21.3. The zero-order valence-electron chi connectivity index (χ0n) is 26.9. The molecule has 1 heterocycles. The lowest BCUT2D eigenvalue weighted by atomic mass is 10.1. The van der Waals surface area contributed by atoms with E-state index in [1.165, 1.54) is 0 Å². The lowest BCUT2D eigenvalue weighted by Gasteiger charge is -2.44. The van der Waals surface area contributed by atoms with E-state index < -0.39 is 61.8 Å². The highest BCUT2D eigenvalue weighted by Crippen LogP contribution is 2.40. The minimum Gasteiger partial charge on any atom is -0.445 e. The zero-order valence-corrected chi connectivity index (χ0v) is 27.9. The third kappa shape index (κ3) is 7.81. The van der Waals surface area contributed by atoms with E-state index in [4.69, 9.17) is 13.9 Å². The number of alkyl carbamates (subject to hydrolysis) is 1. The van der Waals surface area contributed by atoms with Gasteiger partial charge in [-0.25, -0.2) is 14.5 Å². The summed E-state index contributed by atoms with van der Waals surface area (Å²) in [5.74, 6) is -0.583. The van der Waals surface area contributed by atoms with E-state index in [9.17, 15) is 19.5 Å². The number of nitrogens with zero attached hydrogens (tertiary/aromatic N) is 1. The Balaban J connectivity index is 1.70. The van der Waals surface area contributed by atoms with Crippen LogP contribution in [0, 0.1) is 0 Å². The van der Waals surface area contributed by atoms with Crippen molar-refractivity contribution in [3.8, 4) is 0 Å². The van der Waals surface area contributed by atoms with Crippen LogP contribution in [0.1, 0.15) is 53.5 Å². The molecular weight excluding hydrogens is 588 g/mol. The molecule has 0 bridgehead atoms. The van der Waals surface area contributed by atoms with Gasteiger partial charge in [0.25, 0.3) is 14.2 Å². The fourth-order valence-corrected chi connectivity index (χ4v) is 10.4. The van der Waals surface area contributed by atoms with Gasteiger partial charge in [-0.1, -0.05) is 112 Å². The number of hydrogen-bond acceptors (Lipinski definition) is 7. The van der Waals surface area contributed by atoms with Crippen molar-refractivity contribution in [2.75, 3.05) is 6.61 Å². The van der Waals surface area contributed by atoms with E-state index in [1.807, 2.05) is 91.0 Å². The molecule has 1 aliphatic heterocycles. The van der Waals surface area contributed by atoms with Crippen LogP contribution in [0.5, 0.6) is 0 Å². The third-order valence-electron chi connectivity index (χ3n) is 7.80. The van der Waals surface area contributed by atoms with Crippen molar-refractivity contribution in [3.05, 3.63) is 96.6 Å². The molecule has 0 radical (unpaired) electrons. The van der Waals surface area contributed by atoms with Crippen molar-refractivity contribution in [3.63, 3.8) is 0 Å². The standard InChI is InChI=1S/C35H44N2O7Si/c1-34(2,3)43-33(41)37-29(28(23-38)36-32(40)42-24-25-16-10-7-11-17-25)22-30(31(37)39)44-45(35(4,5)6,26-18-12-8-13-19-26)27-20-14-9-15-21-27/h7-21,28-30,38H,22-24H2,1-6H3,(H,36,40)/t28-,29+,30+/m0/s1. The summed E-state index contributed by atoms with van der Waals surface area (Å²) in [7, 11) is -3.20. The maximum Gasteiger partial charge on any atom is 0.417 e. The molecule has 10 heteroatoms. The van der Waals surface area contributed by atoms with Gasteiger partial charge < -0.3 is 24.3 Å². The predicted octanol–water partition coefficient (Wildman–Crippen LogP) is 4.75. The molecule has 0 saturated carbocycles. The molecule has 0 spiro atoms.